The van der Waals surface area contributed by atoms with E-state index in [1.807, 2.05) is 0 Å². The van der Waals surface area contributed by atoms with Gasteiger partial charge in [0.2, 0.25) is 0 Å². The van der Waals surface area contributed by atoms with E-state index >= 15 is 0 Å². The van der Waals surface area contributed by atoms with Crippen molar-refractivity contribution in [1.82, 2.24) is 10.2 Å². The van der Waals surface area contributed by atoms with Gasteiger partial charge in [0.15, 0.2) is 11.5 Å². The predicted molar refractivity (Wildman–Crippen MR) is 117 cm³/mol. The van der Waals surface area contributed by atoms with E-state index in [0.717, 1.165) is 40.1 Å². The third-order valence-corrected chi connectivity index (χ3v) is 8.46. The first-order chi connectivity index (χ1) is 13.3. The van der Waals surface area contributed by atoms with Crippen molar-refractivity contribution in [2.75, 3.05) is 19.0 Å². The summed E-state index contributed by atoms with van der Waals surface area (Å²) in [6.07, 6.45) is 0.306. The Kier molecular flexibility index (Phi) is 5.37. The summed E-state index contributed by atoms with van der Waals surface area (Å²) in [7, 11) is 1.50. The summed E-state index contributed by atoms with van der Waals surface area (Å²) in [5, 5.41) is 17.9. The molecule has 4 rings (SSSR count). The zero-order chi connectivity index (χ0) is 20.2. The largest absolute Gasteiger partial charge is 0.504 e. The number of rotatable bonds is 3. The molecule has 0 saturated heterocycles. The van der Waals surface area contributed by atoms with Crippen molar-refractivity contribution in [3.05, 3.63) is 36.6 Å². The number of hydrogen-bond acceptors (Lipinski definition) is 6. The molecule has 1 aromatic carbocycles. The van der Waals surface area contributed by atoms with E-state index < -0.39 is 6.17 Å². The number of benzene rings is 1. The second-order valence-corrected chi connectivity index (χ2v) is 9.96. The molecule has 2 aliphatic heterocycles. The molecule has 3 N–H and O–H groups in total. The molecule has 0 spiro atoms. The van der Waals surface area contributed by atoms with Gasteiger partial charge in [0, 0.05) is 33.0 Å². The molecule has 1 amide bonds. The molecule has 0 unspecified atom stereocenters. The molecule has 0 saturated carbocycles. The number of nitrogens with zero attached hydrogens (tertiary/aromatic N) is 1. The molecule has 2 aliphatic rings. The molecule has 0 fully saturated rings. The molecule has 6 nitrogen and oxygen atoms in total. The number of amides is 1. The van der Waals surface area contributed by atoms with Gasteiger partial charge in [-0.1, -0.05) is 0 Å². The highest BCUT2D eigenvalue weighted by Gasteiger charge is 2.36. The minimum Gasteiger partial charge on any atom is -0.504 e. The van der Waals surface area contributed by atoms with Gasteiger partial charge in [-0.15, -0.1) is 11.3 Å². The number of carbonyl (C=O) groups is 1. The van der Waals surface area contributed by atoms with Crippen LogP contribution in [0.1, 0.15) is 46.4 Å². The second-order valence-electron chi connectivity index (χ2n) is 7.21. The Hall–Kier alpha value is -1.29. The molecule has 28 heavy (non-hydrogen) atoms. The van der Waals surface area contributed by atoms with Crippen LogP contribution < -0.4 is 15.4 Å². The average Bonchev–Trinajstić information content (AvgIpc) is 3.02. The van der Waals surface area contributed by atoms with Crippen molar-refractivity contribution in [2.24, 2.45) is 0 Å². The van der Waals surface area contributed by atoms with Gasteiger partial charge in [0.1, 0.15) is 11.2 Å². The molecule has 1 aromatic heterocycles. The van der Waals surface area contributed by atoms with Crippen LogP contribution in [0, 0.1) is 0 Å². The zero-order valence-electron chi connectivity index (χ0n) is 15.7. The van der Waals surface area contributed by atoms with Gasteiger partial charge in [-0.3, -0.25) is 9.69 Å². The number of phenols is 1. The molecule has 0 radical (unpaired) electrons. The average molecular weight is 531 g/mol. The number of methoxy groups -OCH3 is 1. The summed E-state index contributed by atoms with van der Waals surface area (Å²) < 4.78 is 6.66. The molecule has 150 valence electrons. The summed E-state index contributed by atoms with van der Waals surface area (Å²) in [6, 6.07) is 2.16. The standard InChI is InChI=1S/C19H21Br2N3O3S/c1-8(2)24-5-4-9-12(7-24)28-19-13(9)18(26)22-17(23-19)14-15(21)10(20)6-11(27-3)16(14)25/h6,8,17,23,25H,4-5,7H2,1-3H3,(H,22,26)/t17-/m1/s1. The van der Waals surface area contributed by atoms with Crippen LogP contribution in [-0.4, -0.2) is 35.6 Å². The molecule has 9 heteroatoms. The Morgan fingerprint density at radius 1 is 1.36 bits per heavy atom. The van der Waals surface area contributed by atoms with E-state index in [9.17, 15) is 9.90 Å². The molecular formula is C19H21Br2N3O3S. The molecule has 2 aromatic rings. The number of carbonyl (C=O) groups excluding carboxylic acids is 1. The highest BCUT2D eigenvalue weighted by molar-refractivity contribution is 9.13. The minimum absolute atomic E-state index is 0.00822. The van der Waals surface area contributed by atoms with Gasteiger partial charge in [-0.25, -0.2) is 0 Å². The Labute approximate surface area is 184 Å². The van der Waals surface area contributed by atoms with E-state index in [1.54, 1.807) is 17.4 Å². The number of thiophene rings is 1. The maximum absolute atomic E-state index is 13.0. The molecule has 0 aliphatic carbocycles. The van der Waals surface area contributed by atoms with Gasteiger partial charge in [0.25, 0.3) is 5.91 Å². The van der Waals surface area contributed by atoms with E-state index in [0.29, 0.717) is 21.8 Å². The fraction of sp³-hybridized carbons (Fsp3) is 0.421. The number of aromatic hydroxyl groups is 1. The Morgan fingerprint density at radius 3 is 2.79 bits per heavy atom. The van der Waals surface area contributed by atoms with Crippen LogP contribution >= 0.6 is 43.2 Å². The number of fused-ring (bicyclic) bond motifs is 3. The number of phenolic OH excluding ortho intramolecular Hbond substituents is 1. The summed E-state index contributed by atoms with van der Waals surface area (Å²) in [5.74, 6) is 0.218. The smallest absolute Gasteiger partial charge is 0.256 e. The van der Waals surface area contributed by atoms with Crippen LogP contribution in [-0.2, 0) is 13.0 Å². The van der Waals surface area contributed by atoms with E-state index in [4.69, 9.17) is 4.74 Å². The zero-order valence-corrected chi connectivity index (χ0v) is 19.7. The van der Waals surface area contributed by atoms with E-state index in [-0.39, 0.29) is 11.7 Å². The third-order valence-electron chi connectivity index (χ3n) is 5.30. The van der Waals surface area contributed by atoms with Gasteiger partial charge < -0.3 is 20.5 Å². The summed E-state index contributed by atoms with van der Waals surface area (Å²) in [6.45, 7) is 6.21. The van der Waals surface area contributed by atoms with Crippen molar-refractivity contribution in [1.29, 1.82) is 0 Å². The normalized spacial score (nSPS) is 19.1. The molecule has 1 atom stereocenters. The summed E-state index contributed by atoms with van der Waals surface area (Å²) >= 11 is 8.62. The lowest BCUT2D eigenvalue weighted by molar-refractivity contribution is 0.0934. The molecular weight excluding hydrogens is 510 g/mol. The lowest BCUT2D eigenvalue weighted by atomic mass is 9.99. The highest BCUT2D eigenvalue weighted by atomic mass is 79.9. The number of nitrogens with one attached hydrogen (secondary N) is 2. The summed E-state index contributed by atoms with van der Waals surface area (Å²) in [4.78, 5) is 16.6. The van der Waals surface area contributed by atoms with Crippen LogP contribution in [0.25, 0.3) is 0 Å². The Bertz CT molecular complexity index is 961. The van der Waals surface area contributed by atoms with Crippen molar-refractivity contribution in [3.63, 3.8) is 0 Å². The molecule has 3 heterocycles. The van der Waals surface area contributed by atoms with Crippen LogP contribution in [0.5, 0.6) is 11.5 Å². The highest BCUT2D eigenvalue weighted by Crippen LogP contribution is 2.47. The number of anilines is 1. The SMILES string of the molecule is COc1cc(Br)c(Br)c([C@@H]2NC(=O)c3c(sc4c3CCN(C(C)C)C4)N2)c1O. The maximum atomic E-state index is 13.0. The number of ether oxygens (including phenoxy) is 1. The van der Waals surface area contributed by atoms with Crippen LogP contribution in [0.15, 0.2) is 15.0 Å². The first kappa shape index (κ1) is 20.0. The molecule has 0 bridgehead atoms. The van der Waals surface area contributed by atoms with Crippen LogP contribution in [0.4, 0.5) is 5.00 Å². The van der Waals surface area contributed by atoms with Crippen LogP contribution in [0.3, 0.4) is 0 Å². The second kappa shape index (κ2) is 7.51. The topological polar surface area (TPSA) is 73.8 Å². The number of hydrogen-bond donors (Lipinski definition) is 3. The van der Waals surface area contributed by atoms with Gasteiger partial charge in [-0.05, 0) is 63.8 Å². The summed E-state index contributed by atoms with van der Waals surface area (Å²) in [5.41, 5.74) is 2.42. The van der Waals surface area contributed by atoms with E-state index in [2.05, 4.69) is 61.2 Å². The van der Waals surface area contributed by atoms with Crippen molar-refractivity contribution < 1.29 is 14.6 Å². The van der Waals surface area contributed by atoms with Gasteiger partial charge in [0.05, 0.1) is 18.2 Å². The van der Waals surface area contributed by atoms with Crippen molar-refractivity contribution >= 4 is 54.1 Å². The van der Waals surface area contributed by atoms with Crippen molar-refractivity contribution in [3.8, 4) is 11.5 Å². The maximum Gasteiger partial charge on any atom is 0.256 e. The van der Waals surface area contributed by atoms with Gasteiger partial charge >= 0.3 is 0 Å². The third kappa shape index (κ3) is 3.22. The quantitative estimate of drug-likeness (QED) is 0.540. The number of halogens is 2. The Morgan fingerprint density at radius 2 is 2.11 bits per heavy atom. The first-order valence-electron chi connectivity index (χ1n) is 9.02. The predicted octanol–water partition coefficient (Wildman–Crippen LogP) is 4.61. The monoisotopic (exact) mass is 529 g/mol. The Balaban J connectivity index is 1.73. The fourth-order valence-corrected chi connectivity index (χ4v) is 6.00. The fourth-order valence-electron chi connectivity index (χ4n) is 3.75. The van der Waals surface area contributed by atoms with E-state index in [1.165, 1.54) is 12.0 Å². The lowest BCUT2D eigenvalue weighted by Gasteiger charge is -2.31. The van der Waals surface area contributed by atoms with Crippen molar-refractivity contribution in [2.45, 2.75) is 39.0 Å². The first-order valence-corrected chi connectivity index (χ1v) is 11.4. The lowest BCUT2D eigenvalue weighted by Crippen LogP contribution is -2.39. The van der Waals surface area contributed by atoms with Gasteiger partial charge in [-0.2, -0.15) is 0 Å². The minimum atomic E-state index is -0.568. The van der Waals surface area contributed by atoms with Crippen LogP contribution in [0.2, 0.25) is 0 Å².